The van der Waals surface area contributed by atoms with Gasteiger partial charge in [-0.15, -0.1) is 0 Å². The molecule has 1 aliphatic rings. The van der Waals surface area contributed by atoms with Crippen LogP contribution < -0.4 is 10.6 Å². The van der Waals surface area contributed by atoms with Crippen LogP contribution in [0, 0.1) is 0 Å². The van der Waals surface area contributed by atoms with Gasteiger partial charge in [-0.2, -0.15) is 0 Å². The van der Waals surface area contributed by atoms with Gasteiger partial charge in [0.05, 0.1) is 5.36 Å². The Bertz CT molecular complexity index is 811. The van der Waals surface area contributed by atoms with Crippen molar-refractivity contribution in [2.45, 2.75) is 32.7 Å². The molecule has 0 unspecified atom stereocenters. The summed E-state index contributed by atoms with van der Waals surface area (Å²) in [7, 11) is 0. The normalized spacial score (nSPS) is 13.2. The Hall–Kier alpha value is -2.26. The first-order valence-corrected chi connectivity index (χ1v) is 8.75. The highest BCUT2D eigenvalue weighted by Gasteiger charge is 2.15. The molecule has 3 heteroatoms. The largest absolute Gasteiger partial charge is 0.299 e. The number of rotatable bonds is 8. The summed E-state index contributed by atoms with van der Waals surface area (Å²) in [5.74, 6) is -0.0483. The van der Waals surface area contributed by atoms with Crippen LogP contribution in [0.1, 0.15) is 31.7 Å². The van der Waals surface area contributed by atoms with Crippen LogP contribution in [0.15, 0.2) is 59.6 Å². The highest BCUT2D eigenvalue weighted by atomic mass is 16.1. The molecule has 0 aliphatic carbocycles. The third-order valence-corrected chi connectivity index (χ3v) is 4.56. The molecule has 1 heterocycles. The van der Waals surface area contributed by atoms with E-state index in [2.05, 4.69) is 47.1 Å². The molecule has 0 saturated carbocycles. The molecule has 0 fully saturated rings. The molecule has 0 saturated heterocycles. The Labute approximate surface area is 143 Å². The van der Waals surface area contributed by atoms with Gasteiger partial charge in [-0.25, -0.2) is 4.99 Å². The van der Waals surface area contributed by atoms with Crippen LogP contribution in [0.3, 0.4) is 0 Å². The quantitative estimate of drug-likeness (QED) is 0.701. The molecule has 2 aromatic carbocycles. The number of hydrogen-bond acceptors (Lipinski definition) is 2. The molecule has 0 aromatic heterocycles. The molecule has 0 atom stereocenters. The van der Waals surface area contributed by atoms with Crippen LogP contribution >= 0.6 is 0 Å². The van der Waals surface area contributed by atoms with Gasteiger partial charge in [0.15, 0.2) is 0 Å². The van der Waals surface area contributed by atoms with E-state index in [4.69, 9.17) is 0 Å². The minimum absolute atomic E-state index is 0.0483. The molecule has 0 N–H and O–H groups in total. The lowest BCUT2D eigenvalue weighted by atomic mass is 10.1. The number of nitrogens with zero attached hydrogens (tertiary/aromatic N) is 2. The molecule has 3 rings (SSSR count). The fourth-order valence-corrected chi connectivity index (χ4v) is 3.19. The molecule has 1 aliphatic heterocycles. The average molecular weight is 320 g/mol. The van der Waals surface area contributed by atoms with Crippen molar-refractivity contribution in [1.82, 2.24) is 4.90 Å². The molecule has 24 heavy (non-hydrogen) atoms. The van der Waals surface area contributed by atoms with E-state index in [1.54, 1.807) is 0 Å². The van der Waals surface area contributed by atoms with Gasteiger partial charge < -0.3 is 0 Å². The predicted octanol–water partition coefficient (Wildman–Crippen LogP) is 2.69. The van der Waals surface area contributed by atoms with Crippen LogP contribution in [0.2, 0.25) is 0 Å². The Morgan fingerprint density at radius 1 is 0.958 bits per heavy atom. The second-order valence-corrected chi connectivity index (χ2v) is 6.22. The smallest absolute Gasteiger partial charge is 0.274 e. The minimum Gasteiger partial charge on any atom is -0.299 e. The number of para-hydroxylation sites is 1. The van der Waals surface area contributed by atoms with Gasteiger partial charge in [0.25, 0.3) is 5.91 Å². The summed E-state index contributed by atoms with van der Waals surface area (Å²) >= 11 is 0. The molecule has 0 radical (unpaired) electrons. The first-order chi connectivity index (χ1) is 11.8. The number of fused-ring (bicyclic) bond motifs is 1. The summed E-state index contributed by atoms with van der Waals surface area (Å²) in [6.45, 7) is 5.30. The number of carbonyl (C=O) groups excluding carboxylic acids is 1. The highest BCUT2D eigenvalue weighted by Crippen LogP contribution is 2.12. The fraction of sp³-hybridized carbons (Fsp3) is 0.333. The topological polar surface area (TPSA) is 32.7 Å². The van der Waals surface area contributed by atoms with Crippen molar-refractivity contribution in [2.24, 2.45) is 4.99 Å². The fourth-order valence-electron chi connectivity index (χ4n) is 3.19. The van der Waals surface area contributed by atoms with E-state index < -0.39 is 0 Å². The minimum atomic E-state index is -0.0483. The number of carbonyl (C=O) groups is 1. The number of benzene rings is 2. The number of unbranched alkanes of at least 4 members (excludes halogenated alkanes) is 1. The van der Waals surface area contributed by atoms with E-state index in [1.807, 2.05) is 24.3 Å². The van der Waals surface area contributed by atoms with Crippen LogP contribution in [0.5, 0.6) is 0 Å². The van der Waals surface area contributed by atoms with Crippen LogP contribution in [-0.4, -0.2) is 23.9 Å². The Balaban J connectivity index is 1.52. The van der Waals surface area contributed by atoms with Crippen molar-refractivity contribution >= 4 is 11.5 Å². The zero-order chi connectivity index (χ0) is 16.8. The number of amides is 1. The summed E-state index contributed by atoms with van der Waals surface area (Å²) in [5.41, 5.74) is 2.24. The lowest BCUT2D eigenvalue weighted by Crippen LogP contribution is -2.24. The Morgan fingerprint density at radius 3 is 2.50 bits per heavy atom. The maximum Gasteiger partial charge on any atom is 0.274 e. The van der Waals surface area contributed by atoms with Gasteiger partial charge in [0.1, 0.15) is 0 Å². The van der Waals surface area contributed by atoms with Crippen molar-refractivity contribution in [3.63, 3.8) is 0 Å². The molecule has 3 nitrogen and oxygen atoms in total. The molecule has 0 bridgehead atoms. The van der Waals surface area contributed by atoms with Crippen molar-refractivity contribution in [2.75, 3.05) is 13.1 Å². The van der Waals surface area contributed by atoms with Gasteiger partial charge in [0.2, 0.25) is 0 Å². The zero-order valence-corrected chi connectivity index (χ0v) is 14.2. The van der Waals surface area contributed by atoms with E-state index in [0.717, 1.165) is 55.0 Å². The standard InChI is InChI=1S/C21H24N2O/c1-2-23(16-17-10-4-3-5-11-17)15-9-8-13-19-18-12-6-7-14-20(18)22-21(19)24/h3-7,10-12,14H,2,8-9,13,15-16H2,1H3. The average Bonchev–Trinajstić information content (AvgIpc) is 2.94. The van der Waals surface area contributed by atoms with Crippen molar-refractivity contribution < 1.29 is 4.79 Å². The molecular formula is C21H24N2O. The molecule has 0 spiro atoms. The van der Waals surface area contributed by atoms with Gasteiger partial charge in [-0.1, -0.05) is 55.5 Å². The van der Waals surface area contributed by atoms with E-state index in [1.165, 1.54) is 5.56 Å². The van der Waals surface area contributed by atoms with Gasteiger partial charge >= 0.3 is 0 Å². The Kier molecular flexibility index (Phi) is 5.55. The second kappa shape index (κ2) is 8.02. The lowest BCUT2D eigenvalue weighted by molar-refractivity contribution is -0.112. The first kappa shape index (κ1) is 16.6. The summed E-state index contributed by atoms with van der Waals surface area (Å²) < 4.78 is 0. The van der Waals surface area contributed by atoms with Gasteiger partial charge in [-0.05, 0) is 44.0 Å². The third kappa shape index (κ3) is 3.98. The molecule has 2 aromatic rings. The van der Waals surface area contributed by atoms with Crippen LogP contribution in [0.4, 0.5) is 0 Å². The van der Waals surface area contributed by atoms with Gasteiger partial charge in [-0.3, -0.25) is 9.69 Å². The summed E-state index contributed by atoms with van der Waals surface area (Å²) in [6, 6.07) is 18.4. The van der Waals surface area contributed by atoms with Crippen molar-refractivity contribution in [3.05, 3.63) is 70.7 Å². The van der Waals surface area contributed by atoms with Gasteiger partial charge in [0, 0.05) is 17.3 Å². The maximum atomic E-state index is 12.0. The summed E-state index contributed by atoms with van der Waals surface area (Å²) in [5, 5.41) is 1.86. The van der Waals surface area contributed by atoms with Crippen molar-refractivity contribution in [1.29, 1.82) is 0 Å². The third-order valence-electron chi connectivity index (χ3n) is 4.56. The molecule has 124 valence electrons. The van der Waals surface area contributed by atoms with E-state index in [0.29, 0.717) is 0 Å². The van der Waals surface area contributed by atoms with E-state index in [-0.39, 0.29) is 5.91 Å². The number of hydrogen-bond donors (Lipinski definition) is 0. The first-order valence-electron chi connectivity index (χ1n) is 8.75. The zero-order valence-electron chi connectivity index (χ0n) is 14.2. The second-order valence-electron chi connectivity index (χ2n) is 6.22. The Morgan fingerprint density at radius 2 is 1.71 bits per heavy atom. The predicted molar refractivity (Wildman–Crippen MR) is 96.9 cm³/mol. The van der Waals surface area contributed by atoms with E-state index >= 15 is 0 Å². The van der Waals surface area contributed by atoms with E-state index in [9.17, 15) is 4.79 Å². The lowest BCUT2D eigenvalue weighted by Gasteiger charge is -2.20. The van der Waals surface area contributed by atoms with Crippen LogP contribution in [0.25, 0.3) is 5.57 Å². The monoisotopic (exact) mass is 320 g/mol. The maximum absolute atomic E-state index is 12.0. The van der Waals surface area contributed by atoms with Crippen LogP contribution in [-0.2, 0) is 11.3 Å². The molecule has 1 amide bonds. The molecular weight excluding hydrogens is 296 g/mol. The van der Waals surface area contributed by atoms with Crippen molar-refractivity contribution in [3.8, 4) is 0 Å². The summed E-state index contributed by atoms with van der Waals surface area (Å²) in [6.07, 6.45) is 2.94. The summed E-state index contributed by atoms with van der Waals surface area (Å²) in [4.78, 5) is 18.6. The highest BCUT2D eigenvalue weighted by molar-refractivity contribution is 6.15. The SMILES string of the molecule is CCN(CCCCC1=c2ccccc2=NC1=O)Cc1ccccc1.